The highest BCUT2D eigenvalue weighted by molar-refractivity contribution is 7.49. The van der Waals surface area contributed by atoms with Crippen molar-refractivity contribution >= 4 is 7.82 Å². The van der Waals surface area contributed by atoms with Gasteiger partial charge in [-0.3, -0.25) is 0 Å². The fraction of sp³-hybridized carbons (Fsp3) is 0.250. The van der Waals surface area contributed by atoms with Crippen LogP contribution in [0.5, 0.6) is 17.2 Å². The van der Waals surface area contributed by atoms with Crippen LogP contribution in [0.15, 0.2) is 72.8 Å². The molecule has 0 unspecified atom stereocenters. The van der Waals surface area contributed by atoms with Crippen LogP contribution in [0, 0.1) is 13.8 Å². The zero-order chi connectivity index (χ0) is 20.7. The molecule has 152 valence electrons. The van der Waals surface area contributed by atoms with Gasteiger partial charge in [0, 0.05) is 0 Å². The molecule has 0 heterocycles. The molecule has 0 atom stereocenters. The fourth-order valence-electron chi connectivity index (χ4n) is 3.11. The predicted molar refractivity (Wildman–Crippen MR) is 117 cm³/mol. The number of hydrogen-bond acceptors (Lipinski definition) is 4. The number of unbranched alkanes of at least 4 members (excludes halogenated alkanes) is 1. The van der Waals surface area contributed by atoms with Crippen molar-refractivity contribution in [3.05, 3.63) is 89.5 Å². The predicted octanol–water partition coefficient (Wildman–Crippen LogP) is 7.29. The molecule has 0 saturated carbocycles. The highest BCUT2D eigenvalue weighted by Gasteiger charge is 2.34. The van der Waals surface area contributed by atoms with Crippen molar-refractivity contribution in [3.8, 4) is 17.2 Å². The summed E-state index contributed by atoms with van der Waals surface area (Å²) < 4.78 is 31.3. The summed E-state index contributed by atoms with van der Waals surface area (Å²) in [6.45, 7) is 6.14. The van der Waals surface area contributed by atoms with Gasteiger partial charge in [0.2, 0.25) is 0 Å². The van der Waals surface area contributed by atoms with E-state index in [0.717, 1.165) is 36.0 Å². The lowest BCUT2D eigenvalue weighted by Crippen LogP contribution is -2.09. The highest BCUT2D eigenvalue weighted by atomic mass is 31.2. The smallest absolute Gasteiger partial charge is 0.386 e. The molecule has 0 aliphatic carbocycles. The molecule has 29 heavy (non-hydrogen) atoms. The molecule has 5 heteroatoms. The third-order valence-corrected chi connectivity index (χ3v) is 5.69. The lowest BCUT2D eigenvalue weighted by molar-refractivity contribution is 0.296. The number of para-hydroxylation sites is 2. The zero-order valence-electron chi connectivity index (χ0n) is 17.1. The van der Waals surface area contributed by atoms with Gasteiger partial charge in [-0.05, 0) is 62.1 Å². The molecular weight excluding hydrogens is 383 g/mol. The SMILES string of the molecule is CCCCc1cc(C)cc(C)c1OP(=O)(Oc1ccccc1)Oc1ccccc1. The Morgan fingerprint density at radius 2 is 1.34 bits per heavy atom. The summed E-state index contributed by atoms with van der Waals surface area (Å²) in [4.78, 5) is 0. The van der Waals surface area contributed by atoms with E-state index >= 15 is 0 Å². The van der Waals surface area contributed by atoms with Crippen molar-refractivity contribution in [2.24, 2.45) is 0 Å². The van der Waals surface area contributed by atoms with Crippen LogP contribution in [0.1, 0.15) is 36.5 Å². The van der Waals surface area contributed by atoms with E-state index in [1.165, 1.54) is 0 Å². The molecule has 0 amide bonds. The van der Waals surface area contributed by atoms with E-state index in [2.05, 4.69) is 13.0 Å². The molecule has 0 bridgehead atoms. The first-order valence-corrected chi connectivity index (χ1v) is 11.3. The summed E-state index contributed by atoms with van der Waals surface area (Å²) in [6.07, 6.45) is 2.92. The number of phosphoric ester groups is 1. The van der Waals surface area contributed by atoms with Crippen molar-refractivity contribution in [3.63, 3.8) is 0 Å². The van der Waals surface area contributed by atoms with Crippen LogP contribution in [0.4, 0.5) is 0 Å². The van der Waals surface area contributed by atoms with Crippen molar-refractivity contribution in [1.29, 1.82) is 0 Å². The molecule has 0 aliphatic rings. The van der Waals surface area contributed by atoms with Gasteiger partial charge in [0.05, 0.1) is 0 Å². The van der Waals surface area contributed by atoms with Crippen LogP contribution >= 0.6 is 7.82 Å². The Kier molecular flexibility index (Phi) is 7.00. The van der Waals surface area contributed by atoms with Crippen LogP contribution in [0.3, 0.4) is 0 Å². The number of rotatable bonds is 9. The number of phosphoric acid groups is 1. The van der Waals surface area contributed by atoms with E-state index < -0.39 is 7.82 Å². The molecule has 3 aromatic carbocycles. The second-order valence-corrected chi connectivity index (χ2v) is 8.46. The molecule has 0 saturated heterocycles. The van der Waals surface area contributed by atoms with Crippen molar-refractivity contribution in [2.45, 2.75) is 40.0 Å². The molecule has 0 N–H and O–H groups in total. The minimum Gasteiger partial charge on any atom is -0.386 e. The average Bonchev–Trinajstić information content (AvgIpc) is 2.70. The van der Waals surface area contributed by atoms with Gasteiger partial charge in [0.25, 0.3) is 0 Å². The number of benzene rings is 3. The summed E-state index contributed by atoms with van der Waals surface area (Å²) in [5.74, 6) is 1.41. The molecule has 0 aromatic heterocycles. The molecule has 3 aromatic rings. The summed E-state index contributed by atoms with van der Waals surface area (Å²) >= 11 is 0. The number of aryl methyl sites for hydroxylation is 3. The van der Waals surface area contributed by atoms with Crippen LogP contribution in [0.2, 0.25) is 0 Å². The van der Waals surface area contributed by atoms with Crippen LogP contribution in [0.25, 0.3) is 0 Å². The maximum absolute atomic E-state index is 13.7. The first kappa shape index (κ1) is 21.0. The monoisotopic (exact) mass is 410 g/mol. The van der Waals surface area contributed by atoms with Gasteiger partial charge in [-0.25, -0.2) is 0 Å². The van der Waals surface area contributed by atoms with Gasteiger partial charge in [0.1, 0.15) is 17.2 Å². The van der Waals surface area contributed by atoms with Crippen molar-refractivity contribution < 1.29 is 18.1 Å². The van der Waals surface area contributed by atoms with Crippen LogP contribution in [-0.2, 0) is 11.0 Å². The van der Waals surface area contributed by atoms with E-state index in [9.17, 15) is 4.57 Å². The van der Waals surface area contributed by atoms with E-state index in [-0.39, 0.29) is 0 Å². The normalized spacial score (nSPS) is 11.1. The third-order valence-electron chi connectivity index (χ3n) is 4.42. The van der Waals surface area contributed by atoms with Gasteiger partial charge in [-0.1, -0.05) is 67.4 Å². The van der Waals surface area contributed by atoms with Gasteiger partial charge < -0.3 is 13.6 Å². The standard InChI is InChI=1S/C24H27O4P/c1-4-5-12-21-18-19(2)17-20(3)24(21)28-29(25,26-22-13-8-6-9-14-22)27-23-15-10-7-11-16-23/h6-11,13-18H,4-5,12H2,1-3H3. The molecule has 3 rings (SSSR count). The molecule has 0 radical (unpaired) electrons. The molecule has 0 spiro atoms. The lowest BCUT2D eigenvalue weighted by Gasteiger charge is -2.22. The topological polar surface area (TPSA) is 44.8 Å². The third kappa shape index (κ3) is 5.88. The zero-order valence-corrected chi connectivity index (χ0v) is 18.0. The largest absolute Gasteiger partial charge is 0.647 e. The van der Waals surface area contributed by atoms with Gasteiger partial charge in [-0.2, -0.15) is 4.57 Å². The summed E-state index contributed by atoms with van der Waals surface area (Å²) in [5, 5.41) is 0. The lowest BCUT2D eigenvalue weighted by atomic mass is 10.0. The Morgan fingerprint density at radius 1 is 0.793 bits per heavy atom. The Morgan fingerprint density at radius 3 is 1.86 bits per heavy atom. The second kappa shape index (κ2) is 9.67. The summed E-state index contributed by atoms with van der Waals surface area (Å²) in [5.41, 5.74) is 3.06. The fourth-order valence-corrected chi connectivity index (χ4v) is 4.47. The van der Waals surface area contributed by atoms with Gasteiger partial charge in [0.15, 0.2) is 0 Å². The van der Waals surface area contributed by atoms with Crippen molar-refractivity contribution in [2.75, 3.05) is 0 Å². The molecule has 0 aliphatic heterocycles. The quantitative estimate of drug-likeness (QED) is 0.347. The van der Waals surface area contributed by atoms with Gasteiger partial charge >= 0.3 is 7.82 Å². The first-order chi connectivity index (χ1) is 14.0. The Labute approximate surface area is 173 Å². The Balaban J connectivity index is 1.97. The first-order valence-electron chi connectivity index (χ1n) is 9.88. The van der Waals surface area contributed by atoms with E-state index in [1.54, 1.807) is 24.3 Å². The average molecular weight is 410 g/mol. The van der Waals surface area contributed by atoms with Crippen LogP contribution in [-0.4, -0.2) is 0 Å². The van der Waals surface area contributed by atoms with Crippen molar-refractivity contribution in [1.82, 2.24) is 0 Å². The molecular formula is C24H27O4P. The minimum atomic E-state index is -3.99. The Hall–Kier alpha value is -2.71. The van der Waals surface area contributed by atoms with E-state index in [0.29, 0.717) is 17.2 Å². The maximum atomic E-state index is 13.7. The molecule has 0 fully saturated rings. The highest BCUT2D eigenvalue weighted by Crippen LogP contribution is 2.51. The van der Waals surface area contributed by atoms with Gasteiger partial charge in [-0.15, -0.1) is 0 Å². The maximum Gasteiger partial charge on any atom is 0.647 e. The summed E-state index contributed by atoms with van der Waals surface area (Å²) in [6, 6.07) is 22.0. The van der Waals surface area contributed by atoms with E-state index in [4.69, 9.17) is 13.6 Å². The van der Waals surface area contributed by atoms with Crippen LogP contribution < -0.4 is 13.6 Å². The van der Waals surface area contributed by atoms with E-state index in [1.807, 2.05) is 56.3 Å². The minimum absolute atomic E-state index is 0.423. The number of hydrogen-bond donors (Lipinski definition) is 0. The molecule has 4 nitrogen and oxygen atoms in total. The summed E-state index contributed by atoms with van der Waals surface area (Å²) in [7, 11) is -3.99. The Bertz CT molecular complexity index is 925. The second-order valence-electron chi connectivity index (χ2n) is 7.02.